The minimum atomic E-state index is -1.68. The standard InChI is InChI=1S/C29H46N10O10S2/c1-13(2)21-27(48)35-17(9-40)25(46)36-19(22(30)43)11-50-51-12-29(5,39-15(4)42)28(49)37-18(10-41)26(47)34-16(8-20-31-6-7-32-20)24(45)33-14(3)23(44)38-21/h6-7,13-14,16-19,21,40-41H,8-12H2,1-5H3,(H2,30,43)(H,31,32)(H,33,45)(H,34,47)(H,35,48)(H,36,46)(H,37,49)(H,38,44)(H,39,42). The van der Waals surface area contributed by atoms with Crippen LogP contribution in [0.25, 0.3) is 0 Å². The maximum absolute atomic E-state index is 13.5. The summed E-state index contributed by atoms with van der Waals surface area (Å²) in [6.45, 7) is 5.27. The Kier molecular flexibility index (Phi) is 16.6. The average Bonchev–Trinajstić information content (AvgIpc) is 3.57. The number of aromatic nitrogens is 2. The average molecular weight is 759 g/mol. The SMILES string of the molecule is CC(=O)NC1(C)CSSCC(C(N)=O)NC(=O)C(CO)NC(=O)C(C(C)C)NC(=O)C(C)NC(=O)C(Cc2ncc[nH]2)NC(=O)C(CO)NC1=O. The van der Waals surface area contributed by atoms with Gasteiger partial charge in [-0.15, -0.1) is 0 Å². The van der Waals surface area contributed by atoms with Crippen molar-refractivity contribution in [3.63, 3.8) is 0 Å². The number of aliphatic hydroxyl groups is 2. The van der Waals surface area contributed by atoms with E-state index in [0.29, 0.717) is 0 Å². The maximum Gasteiger partial charge on any atom is 0.247 e. The Hall–Kier alpha value is -4.41. The molecule has 1 aromatic heterocycles. The number of primary amides is 1. The van der Waals surface area contributed by atoms with Crippen LogP contribution in [-0.4, -0.2) is 134 Å². The van der Waals surface area contributed by atoms with Crippen molar-refractivity contribution in [2.45, 2.75) is 82.8 Å². The molecule has 0 bridgehead atoms. The first-order valence-corrected chi connectivity index (χ1v) is 18.3. The van der Waals surface area contributed by atoms with Crippen molar-refractivity contribution in [3.8, 4) is 0 Å². The van der Waals surface area contributed by atoms with Gasteiger partial charge in [0.2, 0.25) is 47.3 Å². The Morgan fingerprint density at radius 1 is 0.902 bits per heavy atom. The summed E-state index contributed by atoms with van der Waals surface area (Å²) >= 11 is 0. The van der Waals surface area contributed by atoms with Gasteiger partial charge < -0.3 is 58.1 Å². The molecule has 7 atom stereocenters. The number of hydrogen-bond donors (Lipinski definition) is 11. The van der Waals surface area contributed by atoms with Gasteiger partial charge in [-0.3, -0.25) is 38.4 Å². The van der Waals surface area contributed by atoms with Gasteiger partial charge in [0.25, 0.3) is 0 Å². The summed E-state index contributed by atoms with van der Waals surface area (Å²) in [6.07, 6.45) is 2.70. The monoisotopic (exact) mass is 758 g/mol. The van der Waals surface area contributed by atoms with Crippen LogP contribution in [0.3, 0.4) is 0 Å². The third-order valence-corrected chi connectivity index (χ3v) is 10.1. The smallest absolute Gasteiger partial charge is 0.247 e. The second-order valence-electron chi connectivity index (χ2n) is 12.2. The minimum Gasteiger partial charge on any atom is -0.394 e. The number of nitrogens with two attached hydrogens (primary N) is 1. The van der Waals surface area contributed by atoms with E-state index in [0.717, 1.165) is 28.5 Å². The van der Waals surface area contributed by atoms with Crippen LogP contribution in [0.5, 0.6) is 0 Å². The van der Waals surface area contributed by atoms with Crippen LogP contribution in [0, 0.1) is 5.92 Å². The summed E-state index contributed by atoms with van der Waals surface area (Å²) in [6, 6.07) is -8.36. The topological polar surface area (TPSA) is 316 Å². The van der Waals surface area contributed by atoms with Crippen molar-refractivity contribution >= 4 is 68.8 Å². The second-order valence-corrected chi connectivity index (χ2v) is 14.7. The molecular weight excluding hydrogens is 713 g/mol. The van der Waals surface area contributed by atoms with E-state index in [-0.39, 0.29) is 23.8 Å². The number of hydrogen-bond acceptors (Lipinski definition) is 13. The molecule has 0 radical (unpaired) electrons. The van der Waals surface area contributed by atoms with E-state index in [9.17, 15) is 48.6 Å². The molecule has 22 heteroatoms. The highest BCUT2D eigenvalue weighted by Gasteiger charge is 2.38. The van der Waals surface area contributed by atoms with Crippen molar-refractivity contribution in [2.24, 2.45) is 11.7 Å². The van der Waals surface area contributed by atoms with Crippen molar-refractivity contribution in [1.29, 1.82) is 0 Å². The third kappa shape index (κ3) is 13.0. The lowest BCUT2D eigenvalue weighted by Crippen LogP contribution is -2.63. The molecule has 7 unspecified atom stereocenters. The van der Waals surface area contributed by atoms with Crippen LogP contribution in [0.1, 0.15) is 40.4 Å². The predicted molar refractivity (Wildman–Crippen MR) is 185 cm³/mol. The Labute approximate surface area is 301 Å². The number of rotatable bonds is 7. The molecule has 8 amide bonds. The van der Waals surface area contributed by atoms with Crippen molar-refractivity contribution in [2.75, 3.05) is 24.7 Å². The molecule has 1 saturated heterocycles. The van der Waals surface area contributed by atoms with E-state index >= 15 is 0 Å². The van der Waals surface area contributed by atoms with Gasteiger partial charge in [0.05, 0.1) is 13.2 Å². The molecular formula is C29H46N10O10S2. The first-order chi connectivity index (χ1) is 23.9. The summed E-state index contributed by atoms with van der Waals surface area (Å²) in [4.78, 5) is 111. The molecule has 51 heavy (non-hydrogen) atoms. The zero-order chi connectivity index (χ0) is 38.5. The van der Waals surface area contributed by atoms with Gasteiger partial charge in [-0.05, 0) is 19.8 Å². The lowest BCUT2D eigenvalue weighted by molar-refractivity contribution is -0.137. The van der Waals surface area contributed by atoms with Gasteiger partial charge in [-0.25, -0.2) is 4.98 Å². The molecule has 0 aliphatic carbocycles. The van der Waals surface area contributed by atoms with Gasteiger partial charge in [-0.1, -0.05) is 35.4 Å². The fourth-order valence-electron chi connectivity index (χ4n) is 4.53. The highest BCUT2D eigenvalue weighted by Crippen LogP contribution is 2.27. The summed E-state index contributed by atoms with van der Waals surface area (Å²) in [5.41, 5.74) is 3.80. The maximum atomic E-state index is 13.5. The number of carbonyl (C=O) groups is 8. The Morgan fingerprint density at radius 2 is 1.49 bits per heavy atom. The molecule has 284 valence electrons. The normalized spacial score (nSPS) is 28.3. The number of imidazole rings is 1. The number of H-pyrrole nitrogens is 1. The number of aliphatic hydroxyl groups excluding tert-OH is 2. The van der Waals surface area contributed by atoms with Crippen LogP contribution >= 0.6 is 21.6 Å². The molecule has 20 nitrogen and oxygen atoms in total. The lowest BCUT2D eigenvalue weighted by Gasteiger charge is -2.31. The fraction of sp³-hybridized carbons (Fsp3) is 0.621. The van der Waals surface area contributed by atoms with Crippen LogP contribution in [-0.2, 0) is 44.8 Å². The lowest BCUT2D eigenvalue weighted by atomic mass is 10.0. The number of amides is 8. The van der Waals surface area contributed by atoms with Gasteiger partial charge in [0.15, 0.2) is 0 Å². The minimum absolute atomic E-state index is 0.141. The molecule has 0 aromatic carbocycles. The number of nitrogens with one attached hydrogen (secondary N) is 8. The summed E-state index contributed by atoms with van der Waals surface area (Å²) < 4.78 is 0. The van der Waals surface area contributed by atoms with Crippen LogP contribution in [0.15, 0.2) is 12.4 Å². The highest BCUT2D eigenvalue weighted by molar-refractivity contribution is 8.76. The van der Waals surface area contributed by atoms with E-state index in [1.54, 1.807) is 13.8 Å². The molecule has 1 fully saturated rings. The van der Waals surface area contributed by atoms with E-state index in [1.807, 2.05) is 0 Å². The largest absolute Gasteiger partial charge is 0.394 e. The molecule has 0 spiro atoms. The molecule has 1 aliphatic heterocycles. The summed E-state index contributed by atoms with van der Waals surface area (Å²) in [7, 11) is 2.00. The number of aromatic amines is 1. The van der Waals surface area contributed by atoms with Crippen molar-refractivity contribution in [1.82, 2.24) is 47.2 Å². The molecule has 1 aromatic rings. The van der Waals surface area contributed by atoms with E-state index in [2.05, 4.69) is 47.2 Å². The zero-order valence-corrected chi connectivity index (χ0v) is 30.4. The van der Waals surface area contributed by atoms with Crippen LogP contribution in [0.2, 0.25) is 0 Å². The number of carbonyl (C=O) groups excluding carboxylic acids is 8. The van der Waals surface area contributed by atoms with Crippen molar-refractivity contribution in [3.05, 3.63) is 18.2 Å². The molecule has 0 saturated carbocycles. The van der Waals surface area contributed by atoms with Crippen LogP contribution in [0.4, 0.5) is 0 Å². The van der Waals surface area contributed by atoms with E-state index in [1.165, 1.54) is 26.2 Å². The quantitative estimate of drug-likeness (QED) is 0.117. The van der Waals surface area contributed by atoms with Crippen LogP contribution < -0.4 is 43.0 Å². The molecule has 12 N–H and O–H groups in total. The summed E-state index contributed by atoms with van der Waals surface area (Å²) in [5.74, 6) is -7.42. The van der Waals surface area contributed by atoms with Gasteiger partial charge in [0.1, 0.15) is 47.6 Å². The molecule has 2 rings (SSSR count). The third-order valence-electron chi connectivity index (χ3n) is 7.48. The fourth-order valence-corrected chi connectivity index (χ4v) is 7.19. The number of nitrogens with zero attached hydrogens (tertiary/aromatic N) is 1. The Balaban J connectivity index is 2.50. The second kappa shape index (κ2) is 19.8. The first kappa shape index (κ1) is 42.8. The molecule has 2 heterocycles. The first-order valence-electron chi connectivity index (χ1n) is 15.8. The van der Waals surface area contributed by atoms with Gasteiger partial charge in [-0.2, -0.15) is 0 Å². The Bertz CT molecular complexity index is 1430. The Morgan fingerprint density at radius 3 is 2.04 bits per heavy atom. The zero-order valence-electron chi connectivity index (χ0n) is 28.7. The van der Waals surface area contributed by atoms with E-state index in [4.69, 9.17) is 5.73 Å². The van der Waals surface area contributed by atoms with Gasteiger partial charge in [0, 0.05) is 37.2 Å². The summed E-state index contributed by atoms with van der Waals surface area (Å²) in [5, 5.41) is 37.0. The van der Waals surface area contributed by atoms with Crippen molar-refractivity contribution < 1.29 is 48.6 Å². The van der Waals surface area contributed by atoms with E-state index < -0.39 is 108 Å². The highest BCUT2D eigenvalue weighted by atomic mass is 33.1. The van der Waals surface area contributed by atoms with Gasteiger partial charge >= 0.3 is 0 Å². The molecule has 1 aliphatic rings. The predicted octanol–water partition coefficient (Wildman–Crippen LogP) is -4.70.